The van der Waals surface area contributed by atoms with Gasteiger partial charge in [-0.2, -0.15) is 0 Å². The number of aromatic nitrogens is 3. The Morgan fingerprint density at radius 1 is 1.38 bits per heavy atom. The quantitative estimate of drug-likeness (QED) is 0.475. The highest BCUT2D eigenvalue weighted by molar-refractivity contribution is 7.99. The molecule has 7 nitrogen and oxygen atoms in total. The minimum absolute atomic E-state index is 0.129. The van der Waals surface area contributed by atoms with Gasteiger partial charge in [0.25, 0.3) is 0 Å². The summed E-state index contributed by atoms with van der Waals surface area (Å²) >= 11 is 13.3. The van der Waals surface area contributed by atoms with E-state index in [9.17, 15) is 4.79 Å². The Hall–Kier alpha value is -2.16. The van der Waals surface area contributed by atoms with Crippen molar-refractivity contribution in [3.63, 3.8) is 0 Å². The van der Waals surface area contributed by atoms with Crippen molar-refractivity contribution in [3.05, 3.63) is 52.4 Å². The molecule has 0 unspecified atom stereocenters. The van der Waals surface area contributed by atoms with Gasteiger partial charge >= 0.3 is 0 Å². The van der Waals surface area contributed by atoms with E-state index >= 15 is 0 Å². The number of furan rings is 1. The van der Waals surface area contributed by atoms with Crippen LogP contribution in [0.2, 0.25) is 10.0 Å². The molecule has 0 spiro atoms. The molecule has 3 rings (SSSR count). The molecule has 0 fully saturated rings. The lowest BCUT2D eigenvalue weighted by atomic mass is 10.2. The van der Waals surface area contributed by atoms with Crippen LogP contribution in [0.4, 0.5) is 0 Å². The summed E-state index contributed by atoms with van der Waals surface area (Å²) in [4.78, 5) is 12.1. The number of amides is 1. The molecule has 26 heavy (non-hydrogen) atoms. The van der Waals surface area contributed by atoms with Crippen LogP contribution in [0.3, 0.4) is 0 Å². The van der Waals surface area contributed by atoms with E-state index in [-0.39, 0.29) is 17.7 Å². The number of nitrogen functional groups attached to an aromatic ring is 1. The van der Waals surface area contributed by atoms with E-state index in [0.29, 0.717) is 32.3 Å². The predicted molar refractivity (Wildman–Crippen MR) is 102 cm³/mol. The lowest BCUT2D eigenvalue weighted by Crippen LogP contribution is -2.28. The summed E-state index contributed by atoms with van der Waals surface area (Å²) in [6.45, 7) is 1.84. The van der Waals surface area contributed by atoms with Crippen LogP contribution in [-0.4, -0.2) is 26.5 Å². The smallest absolute Gasteiger partial charge is 0.231 e. The Morgan fingerprint density at radius 3 is 2.92 bits per heavy atom. The molecular weight excluding hydrogens is 397 g/mol. The second kappa shape index (κ2) is 8.03. The number of nitrogens with one attached hydrogen (secondary N) is 1. The maximum Gasteiger partial charge on any atom is 0.231 e. The first kappa shape index (κ1) is 18.6. The van der Waals surface area contributed by atoms with Gasteiger partial charge in [0.1, 0.15) is 5.76 Å². The SMILES string of the molecule is C[C@@H](NC(=O)CSc1nnc(-c2cc(Cl)ccc2Cl)n1N)c1ccco1. The molecule has 0 aliphatic carbocycles. The lowest BCUT2D eigenvalue weighted by molar-refractivity contribution is -0.119. The highest BCUT2D eigenvalue weighted by Crippen LogP contribution is 2.30. The summed E-state index contributed by atoms with van der Waals surface area (Å²) in [6.07, 6.45) is 1.56. The van der Waals surface area contributed by atoms with E-state index < -0.39 is 0 Å². The van der Waals surface area contributed by atoms with Crippen LogP contribution in [0.15, 0.2) is 46.2 Å². The summed E-state index contributed by atoms with van der Waals surface area (Å²) in [5.74, 6) is 7.04. The van der Waals surface area contributed by atoms with E-state index in [0.717, 1.165) is 0 Å². The Balaban J connectivity index is 1.65. The van der Waals surface area contributed by atoms with Crippen molar-refractivity contribution in [1.29, 1.82) is 0 Å². The van der Waals surface area contributed by atoms with Crippen LogP contribution in [0.1, 0.15) is 18.7 Å². The number of nitrogens with two attached hydrogens (primary N) is 1. The van der Waals surface area contributed by atoms with Gasteiger partial charge in [0.15, 0.2) is 5.82 Å². The first-order chi connectivity index (χ1) is 12.5. The standard InChI is InChI=1S/C16H15Cl2N5O2S/c1-9(13-3-2-6-25-13)20-14(24)8-26-16-22-21-15(23(16)19)11-7-10(17)4-5-12(11)18/h2-7,9H,8,19H2,1H3,(H,20,24)/t9-/m1/s1. The number of carbonyl (C=O) groups is 1. The summed E-state index contributed by atoms with van der Waals surface area (Å²) in [5.41, 5.74) is 0.567. The minimum Gasteiger partial charge on any atom is -0.467 e. The molecule has 0 radical (unpaired) electrons. The zero-order chi connectivity index (χ0) is 18.7. The summed E-state index contributed by atoms with van der Waals surface area (Å²) in [6, 6.07) is 8.33. The normalized spacial score (nSPS) is 12.1. The number of carbonyl (C=O) groups excluding carboxylic acids is 1. The minimum atomic E-state index is -0.227. The molecule has 0 aliphatic heterocycles. The van der Waals surface area contributed by atoms with Gasteiger partial charge in [-0.1, -0.05) is 35.0 Å². The van der Waals surface area contributed by atoms with Crippen molar-refractivity contribution in [3.8, 4) is 11.4 Å². The number of thioether (sulfide) groups is 1. The van der Waals surface area contributed by atoms with Crippen LogP contribution in [0.25, 0.3) is 11.4 Å². The van der Waals surface area contributed by atoms with Gasteiger partial charge in [-0.3, -0.25) is 4.79 Å². The Morgan fingerprint density at radius 2 is 2.19 bits per heavy atom. The third-order valence-electron chi connectivity index (χ3n) is 3.51. The summed E-state index contributed by atoms with van der Waals surface area (Å²) in [7, 11) is 0. The predicted octanol–water partition coefficient (Wildman–Crippen LogP) is 3.53. The Kier molecular flexibility index (Phi) is 5.75. The number of benzene rings is 1. The van der Waals surface area contributed by atoms with Crippen LogP contribution < -0.4 is 11.2 Å². The van der Waals surface area contributed by atoms with Gasteiger partial charge in [-0.05, 0) is 37.3 Å². The van der Waals surface area contributed by atoms with E-state index in [1.165, 1.54) is 16.4 Å². The number of hydrogen-bond acceptors (Lipinski definition) is 6. The molecule has 1 amide bonds. The van der Waals surface area contributed by atoms with E-state index in [4.69, 9.17) is 33.5 Å². The van der Waals surface area contributed by atoms with Gasteiger partial charge in [-0.15, -0.1) is 10.2 Å². The molecule has 2 aromatic heterocycles. The number of rotatable bonds is 6. The average molecular weight is 412 g/mol. The molecule has 10 heteroatoms. The monoisotopic (exact) mass is 411 g/mol. The molecule has 3 aromatic rings. The van der Waals surface area contributed by atoms with Gasteiger partial charge in [0, 0.05) is 10.6 Å². The van der Waals surface area contributed by atoms with Crippen molar-refractivity contribution >= 4 is 40.9 Å². The van der Waals surface area contributed by atoms with Crippen molar-refractivity contribution in [1.82, 2.24) is 20.2 Å². The topological polar surface area (TPSA) is 99.0 Å². The van der Waals surface area contributed by atoms with Crippen LogP contribution >= 0.6 is 35.0 Å². The first-order valence-electron chi connectivity index (χ1n) is 7.57. The highest BCUT2D eigenvalue weighted by atomic mass is 35.5. The van der Waals surface area contributed by atoms with Crippen LogP contribution in [0.5, 0.6) is 0 Å². The average Bonchev–Trinajstić information content (AvgIpc) is 3.25. The molecule has 136 valence electrons. The van der Waals surface area contributed by atoms with E-state index in [1.807, 2.05) is 6.92 Å². The van der Waals surface area contributed by atoms with Gasteiger partial charge < -0.3 is 15.6 Å². The fraction of sp³-hybridized carbons (Fsp3) is 0.188. The summed E-state index contributed by atoms with van der Waals surface area (Å²) in [5, 5.41) is 12.2. The Labute approximate surface area is 163 Å². The second-order valence-electron chi connectivity index (χ2n) is 5.39. The third kappa shape index (κ3) is 4.14. The zero-order valence-electron chi connectivity index (χ0n) is 13.6. The molecule has 0 saturated heterocycles. The number of nitrogens with zero attached hydrogens (tertiary/aromatic N) is 3. The van der Waals surface area contributed by atoms with Crippen molar-refractivity contribution in [2.75, 3.05) is 11.6 Å². The van der Waals surface area contributed by atoms with Crippen molar-refractivity contribution < 1.29 is 9.21 Å². The first-order valence-corrected chi connectivity index (χ1v) is 9.31. The molecule has 0 saturated carbocycles. The zero-order valence-corrected chi connectivity index (χ0v) is 16.0. The number of halogens is 2. The lowest BCUT2D eigenvalue weighted by Gasteiger charge is -2.11. The van der Waals surface area contributed by atoms with Gasteiger partial charge in [-0.25, -0.2) is 4.68 Å². The molecule has 0 bridgehead atoms. The Bertz CT molecular complexity index is 914. The van der Waals surface area contributed by atoms with E-state index in [1.54, 1.807) is 36.6 Å². The molecule has 3 N–H and O–H groups in total. The molecule has 0 aliphatic rings. The molecule has 1 atom stereocenters. The highest BCUT2D eigenvalue weighted by Gasteiger charge is 2.17. The molecular formula is C16H15Cl2N5O2S. The van der Waals surface area contributed by atoms with Crippen LogP contribution in [-0.2, 0) is 4.79 Å². The maximum absolute atomic E-state index is 12.1. The van der Waals surface area contributed by atoms with Crippen molar-refractivity contribution in [2.24, 2.45) is 0 Å². The molecule has 2 heterocycles. The maximum atomic E-state index is 12.1. The van der Waals surface area contributed by atoms with Gasteiger partial charge in [0.05, 0.1) is 23.1 Å². The largest absolute Gasteiger partial charge is 0.467 e. The van der Waals surface area contributed by atoms with Crippen molar-refractivity contribution in [2.45, 2.75) is 18.1 Å². The number of hydrogen-bond donors (Lipinski definition) is 2. The summed E-state index contributed by atoms with van der Waals surface area (Å²) < 4.78 is 6.54. The van der Waals surface area contributed by atoms with E-state index in [2.05, 4.69) is 15.5 Å². The molecule has 1 aromatic carbocycles. The van der Waals surface area contributed by atoms with Crippen LogP contribution in [0, 0.1) is 0 Å². The fourth-order valence-electron chi connectivity index (χ4n) is 2.25. The van der Waals surface area contributed by atoms with Gasteiger partial charge in [0.2, 0.25) is 11.1 Å². The second-order valence-corrected chi connectivity index (χ2v) is 7.18. The third-order valence-corrected chi connectivity index (χ3v) is 5.02. The fourth-order valence-corrected chi connectivity index (χ4v) is 3.29.